The summed E-state index contributed by atoms with van der Waals surface area (Å²) in [5.74, 6) is -0.436. The third-order valence-corrected chi connectivity index (χ3v) is 2.60. The molecule has 0 unspecified atom stereocenters. The Hall–Kier alpha value is -1.96. The van der Waals surface area contributed by atoms with Gasteiger partial charge in [0.1, 0.15) is 0 Å². The second-order valence-electron chi connectivity index (χ2n) is 3.71. The molecule has 1 rings (SSSR count). The molecule has 0 saturated heterocycles. The standard InChI is InChI=1S/C13H13F2NO2/c1-3-18-12(17)6-9-4-5-10(13(14)15)11(7-16)8(9)2/h4-5,13H,3,6H2,1-2H3. The highest BCUT2D eigenvalue weighted by molar-refractivity contribution is 5.73. The zero-order chi connectivity index (χ0) is 13.7. The summed E-state index contributed by atoms with van der Waals surface area (Å²) in [5.41, 5.74) is 0.576. The Bertz CT molecular complexity index is 492. The lowest BCUT2D eigenvalue weighted by atomic mass is 9.96. The van der Waals surface area contributed by atoms with E-state index in [1.165, 1.54) is 12.1 Å². The number of ether oxygens (including phenoxy) is 1. The minimum absolute atomic E-state index is 0.0160. The van der Waals surface area contributed by atoms with Crippen molar-refractivity contribution in [2.24, 2.45) is 0 Å². The highest BCUT2D eigenvalue weighted by Gasteiger charge is 2.18. The van der Waals surface area contributed by atoms with Gasteiger partial charge in [-0.3, -0.25) is 4.79 Å². The van der Waals surface area contributed by atoms with E-state index in [9.17, 15) is 13.6 Å². The molecule has 0 amide bonds. The fraction of sp³-hybridized carbons (Fsp3) is 0.385. The monoisotopic (exact) mass is 253 g/mol. The van der Waals surface area contributed by atoms with Crippen molar-refractivity contribution in [3.05, 3.63) is 34.4 Å². The molecule has 0 aliphatic carbocycles. The molecule has 0 fully saturated rings. The second kappa shape index (κ2) is 6.10. The Morgan fingerprint density at radius 1 is 1.50 bits per heavy atom. The molecule has 0 aliphatic heterocycles. The van der Waals surface area contributed by atoms with E-state index < -0.39 is 12.4 Å². The maximum absolute atomic E-state index is 12.7. The molecule has 0 bridgehead atoms. The lowest BCUT2D eigenvalue weighted by Gasteiger charge is -2.10. The van der Waals surface area contributed by atoms with Crippen LogP contribution >= 0.6 is 0 Å². The van der Waals surface area contributed by atoms with Crippen LogP contribution < -0.4 is 0 Å². The van der Waals surface area contributed by atoms with E-state index in [0.717, 1.165) is 0 Å². The van der Waals surface area contributed by atoms with Gasteiger partial charge in [-0.2, -0.15) is 5.26 Å². The third kappa shape index (κ3) is 3.04. The van der Waals surface area contributed by atoms with Crippen LogP contribution in [0.4, 0.5) is 8.78 Å². The first-order valence-corrected chi connectivity index (χ1v) is 5.47. The van der Waals surface area contributed by atoms with Crippen molar-refractivity contribution in [1.29, 1.82) is 5.26 Å². The Morgan fingerprint density at radius 2 is 2.17 bits per heavy atom. The molecule has 0 radical (unpaired) electrons. The molecule has 0 aliphatic rings. The molecule has 0 heterocycles. The Kier molecular flexibility index (Phi) is 4.78. The predicted molar refractivity (Wildman–Crippen MR) is 61.2 cm³/mol. The molecular weight excluding hydrogens is 240 g/mol. The van der Waals surface area contributed by atoms with Gasteiger partial charge < -0.3 is 4.74 Å². The largest absolute Gasteiger partial charge is 0.466 e. The zero-order valence-corrected chi connectivity index (χ0v) is 10.2. The first-order valence-electron chi connectivity index (χ1n) is 5.47. The highest BCUT2D eigenvalue weighted by Crippen LogP contribution is 2.27. The van der Waals surface area contributed by atoms with Gasteiger partial charge in [-0.25, -0.2) is 8.78 Å². The normalized spacial score (nSPS) is 10.2. The summed E-state index contributed by atoms with van der Waals surface area (Å²) in [5, 5.41) is 8.91. The van der Waals surface area contributed by atoms with Crippen LogP contribution in [0.25, 0.3) is 0 Å². The first kappa shape index (κ1) is 14.1. The van der Waals surface area contributed by atoms with Gasteiger partial charge in [0.15, 0.2) is 0 Å². The Morgan fingerprint density at radius 3 is 2.67 bits per heavy atom. The minimum Gasteiger partial charge on any atom is -0.466 e. The van der Waals surface area contributed by atoms with Crippen LogP contribution in [0.3, 0.4) is 0 Å². The van der Waals surface area contributed by atoms with Crippen LogP contribution in [0, 0.1) is 18.3 Å². The van der Waals surface area contributed by atoms with Gasteiger partial charge in [0.05, 0.1) is 24.7 Å². The fourth-order valence-corrected chi connectivity index (χ4v) is 1.67. The van der Waals surface area contributed by atoms with Gasteiger partial charge >= 0.3 is 5.97 Å². The molecule has 3 nitrogen and oxygen atoms in total. The molecule has 0 N–H and O–H groups in total. The lowest BCUT2D eigenvalue weighted by Crippen LogP contribution is -2.09. The fourth-order valence-electron chi connectivity index (χ4n) is 1.67. The predicted octanol–water partition coefficient (Wildman–Crippen LogP) is 2.91. The van der Waals surface area contributed by atoms with Crippen molar-refractivity contribution in [2.45, 2.75) is 26.7 Å². The van der Waals surface area contributed by atoms with Crippen molar-refractivity contribution < 1.29 is 18.3 Å². The van der Waals surface area contributed by atoms with E-state index >= 15 is 0 Å². The number of benzene rings is 1. The van der Waals surface area contributed by atoms with Gasteiger partial charge in [-0.05, 0) is 25.0 Å². The van der Waals surface area contributed by atoms with Gasteiger partial charge in [0.2, 0.25) is 0 Å². The molecule has 96 valence electrons. The number of hydrogen-bond donors (Lipinski definition) is 0. The maximum Gasteiger partial charge on any atom is 0.310 e. The van der Waals surface area contributed by atoms with Crippen LogP contribution in [-0.2, 0) is 16.0 Å². The SMILES string of the molecule is CCOC(=O)Cc1ccc(C(F)F)c(C#N)c1C. The number of nitriles is 1. The van der Waals surface area contributed by atoms with Crippen molar-refractivity contribution in [2.75, 3.05) is 6.61 Å². The van der Waals surface area contributed by atoms with Crippen LogP contribution in [0.2, 0.25) is 0 Å². The number of carbonyl (C=O) groups excluding carboxylic acids is 1. The van der Waals surface area contributed by atoms with Crippen LogP contribution in [-0.4, -0.2) is 12.6 Å². The van der Waals surface area contributed by atoms with Gasteiger partial charge in [-0.15, -0.1) is 0 Å². The van der Waals surface area contributed by atoms with E-state index in [2.05, 4.69) is 0 Å². The average Bonchev–Trinajstić information content (AvgIpc) is 2.31. The van der Waals surface area contributed by atoms with Crippen LogP contribution in [0.15, 0.2) is 12.1 Å². The van der Waals surface area contributed by atoms with Crippen molar-refractivity contribution >= 4 is 5.97 Å². The smallest absolute Gasteiger partial charge is 0.310 e. The van der Waals surface area contributed by atoms with E-state index in [1.807, 2.05) is 0 Å². The number of hydrogen-bond acceptors (Lipinski definition) is 3. The maximum atomic E-state index is 12.7. The number of esters is 1. The summed E-state index contributed by atoms with van der Waals surface area (Å²) in [6.07, 6.45) is -2.72. The van der Waals surface area contributed by atoms with E-state index in [4.69, 9.17) is 10.00 Å². The summed E-state index contributed by atoms with van der Waals surface area (Å²) >= 11 is 0. The zero-order valence-electron chi connectivity index (χ0n) is 10.2. The summed E-state index contributed by atoms with van der Waals surface area (Å²) in [6.45, 7) is 3.50. The Balaban J connectivity index is 3.11. The molecule has 0 aromatic heterocycles. The van der Waals surface area contributed by atoms with Gasteiger partial charge in [-0.1, -0.05) is 12.1 Å². The molecular formula is C13H13F2NO2. The van der Waals surface area contributed by atoms with Crippen LogP contribution in [0.1, 0.15) is 35.6 Å². The first-order chi connectivity index (χ1) is 8.51. The van der Waals surface area contributed by atoms with Crippen molar-refractivity contribution in [1.82, 2.24) is 0 Å². The summed E-state index contributed by atoms with van der Waals surface area (Å²) in [7, 11) is 0. The summed E-state index contributed by atoms with van der Waals surface area (Å²) < 4.78 is 30.1. The number of carbonyl (C=O) groups is 1. The highest BCUT2D eigenvalue weighted by atomic mass is 19.3. The lowest BCUT2D eigenvalue weighted by molar-refractivity contribution is -0.142. The third-order valence-electron chi connectivity index (χ3n) is 2.60. The molecule has 0 atom stereocenters. The molecule has 0 saturated carbocycles. The molecule has 5 heteroatoms. The average molecular weight is 253 g/mol. The van der Waals surface area contributed by atoms with E-state index in [0.29, 0.717) is 11.1 Å². The Labute approximate surface area is 104 Å². The van der Waals surface area contributed by atoms with Crippen molar-refractivity contribution in [3.8, 4) is 6.07 Å². The number of halogens is 2. The second-order valence-corrected chi connectivity index (χ2v) is 3.71. The summed E-state index contributed by atoms with van der Waals surface area (Å²) in [4.78, 5) is 11.3. The summed E-state index contributed by atoms with van der Waals surface area (Å²) in [6, 6.07) is 4.38. The number of nitrogens with zero attached hydrogens (tertiary/aromatic N) is 1. The number of alkyl halides is 2. The van der Waals surface area contributed by atoms with Crippen LogP contribution in [0.5, 0.6) is 0 Å². The van der Waals surface area contributed by atoms with Gasteiger partial charge in [0.25, 0.3) is 6.43 Å². The minimum atomic E-state index is -2.70. The van der Waals surface area contributed by atoms with Gasteiger partial charge in [0, 0.05) is 5.56 Å². The molecule has 1 aromatic carbocycles. The van der Waals surface area contributed by atoms with E-state index in [-0.39, 0.29) is 24.2 Å². The molecule has 1 aromatic rings. The van der Waals surface area contributed by atoms with Crippen molar-refractivity contribution in [3.63, 3.8) is 0 Å². The molecule has 0 spiro atoms. The van der Waals surface area contributed by atoms with E-state index in [1.54, 1.807) is 19.9 Å². The molecule has 18 heavy (non-hydrogen) atoms. The quantitative estimate of drug-likeness (QED) is 0.775. The topological polar surface area (TPSA) is 50.1 Å². The number of rotatable bonds is 4.